The SMILES string of the molecule is CO[C@@]12Oc3c(cc(/[13CH]=N/O)nc3-c3ccccn3)O[C@@H]1O[C@@H](C)[C@H](O)[C@H]2O. The van der Waals surface area contributed by atoms with E-state index >= 15 is 0 Å². The number of pyridine rings is 2. The maximum atomic E-state index is 10.7. The molecule has 0 saturated carbocycles. The number of methoxy groups -OCH3 is 1. The van der Waals surface area contributed by atoms with Crippen molar-refractivity contribution in [1.29, 1.82) is 0 Å². The molecular weight excluding hydrogens is 371 g/mol. The minimum Gasteiger partial charge on any atom is -0.453 e. The van der Waals surface area contributed by atoms with Crippen LogP contribution in [0.2, 0.25) is 0 Å². The third-order valence-electron chi connectivity index (χ3n) is 4.75. The van der Waals surface area contributed by atoms with Gasteiger partial charge in [-0.05, 0) is 19.1 Å². The Morgan fingerprint density at radius 1 is 1.32 bits per heavy atom. The van der Waals surface area contributed by atoms with Gasteiger partial charge in [0.15, 0.2) is 17.6 Å². The van der Waals surface area contributed by atoms with Crippen LogP contribution in [0.1, 0.15) is 12.6 Å². The van der Waals surface area contributed by atoms with E-state index in [1.807, 2.05) is 0 Å². The predicted molar refractivity (Wildman–Crippen MR) is 94.2 cm³/mol. The molecule has 4 heterocycles. The Hall–Kier alpha value is -2.79. The number of aliphatic hydroxyl groups is 2. The molecule has 0 aromatic carbocycles. The van der Waals surface area contributed by atoms with Crippen LogP contribution < -0.4 is 9.47 Å². The number of hydrogen-bond acceptors (Lipinski definition) is 10. The monoisotopic (exact) mass is 390 g/mol. The van der Waals surface area contributed by atoms with Gasteiger partial charge in [0.1, 0.15) is 11.8 Å². The van der Waals surface area contributed by atoms with Gasteiger partial charge in [-0.2, -0.15) is 0 Å². The van der Waals surface area contributed by atoms with Gasteiger partial charge >= 0.3 is 5.79 Å². The standard InChI is InChI=1S/C18H19N3O7/c1-9-14(22)16(23)18(25-2)17(26-9)27-12-7-10(8-20-24)21-13(15(12)28-18)11-5-3-4-6-19-11/h3-9,14,16-17,22-24H,1-2H3/b20-8+/t9-,14-,16+,17-,18-/m0/s1/i8+1. The lowest BCUT2D eigenvalue weighted by molar-refractivity contribution is -0.389. The Kier molecular flexibility index (Phi) is 4.63. The largest absolute Gasteiger partial charge is 0.453 e. The summed E-state index contributed by atoms with van der Waals surface area (Å²) < 4.78 is 23.1. The molecule has 148 valence electrons. The molecular formula is C18H19N3O7. The van der Waals surface area contributed by atoms with E-state index in [9.17, 15) is 10.2 Å². The lowest BCUT2D eigenvalue weighted by atomic mass is 9.95. The topological polar surface area (TPSA) is 136 Å². The summed E-state index contributed by atoms with van der Waals surface area (Å²) in [6.45, 7) is 1.60. The molecule has 0 bridgehead atoms. The van der Waals surface area contributed by atoms with Crippen molar-refractivity contribution in [3.05, 3.63) is 36.2 Å². The van der Waals surface area contributed by atoms with Crippen LogP contribution in [0, 0.1) is 0 Å². The van der Waals surface area contributed by atoms with E-state index in [0.29, 0.717) is 11.4 Å². The van der Waals surface area contributed by atoms with Gasteiger partial charge in [0.25, 0.3) is 6.29 Å². The lowest BCUT2D eigenvalue weighted by Gasteiger charge is -2.50. The third kappa shape index (κ3) is 2.78. The smallest absolute Gasteiger partial charge is 0.302 e. The van der Waals surface area contributed by atoms with Crippen molar-refractivity contribution in [1.82, 2.24) is 9.97 Å². The van der Waals surface area contributed by atoms with E-state index in [4.69, 9.17) is 24.2 Å². The Morgan fingerprint density at radius 3 is 2.82 bits per heavy atom. The van der Waals surface area contributed by atoms with Crippen molar-refractivity contribution in [3.63, 3.8) is 0 Å². The quantitative estimate of drug-likeness (QED) is 0.297. The molecule has 2 aromatic rings. The molecule has 2 aliphatic heterocycles. The van der Waals surface area contributed by atoms with Crippen molar-refractivity contribution in [2.24, 2.45) is 5.16 Å². The highest BCUT2D eigenvalue weighted by molar-refractivity contribution is 5.81. The molecule has 4 rings (SSSR count). The summed E-state index contributed by atoms with van der Waals surface area (Å²) in [5.41, 5.74) is 1.03. The number of fused-ring (bicyclic) bond motifs is 2. The fourth-order valence-electron chi connectivity index (χ4n) is 3.27. The Labute approximate surface area is 160 Å². The van der Waals surface area contributed by atoms with Crippen LogP contribution in [0.25, 0.3) is 11.4 Å². The van der Waals surface area contributed by atoms with Crippen LogP contribution in [0.3, 0.4) is 0 Å². The van der Waals surface area contributed by atoms with Crippen LogP contribution in [0.5, 0.6) is 11.5 Å². The normalized spacial score (nSPS) is 31.6. The van der Waals surface area contributed by atoms with Crippen molar-refractivity contribution < 1.29 is 34.4 Å². The number of rotatable bonds is 3. The van der Waals surface area contributed by atoms with Crippen LogP contribution in [0.4, 0.5) is 0 Å². The minimum absolute atomic E-state index is 0.149. The zero-order chi connectivity index (χ0) is 19.9. The molecule has 10 heteroatoms. The van der Waals surface area contributed by atoms with Gasteiger partial charge in [-0.25, -0.2) is 4.98 Å². The lowest BCUT2D eigenvalue weighted by Crippen LogP contribution is -2.71. The summed E-state index contributed by atoms with van der Waals surface area (Å²) in [7, 11) is 1.32. The van der Waals surface area contributed by atoms with Crippen LogP contribution >= 0.6 is 0 Å². The van der Waals surface area contributed by atoms with Gasteiger partial charge in [-0.3, -0.25) is 4.98 Å². The fourth-order valence-corrected chi connectivity index (χ4v) is 3.27. The molecule has 10 nitrogen and oxygen atoms in total. The summed E-state index contributed by atoms with van der Waals surface area (Å²) in [5, 5.41) is 32.8. The highest BCUT2D eigenvalue weighted by Crippen LogP contribution is 2.47. The first-order valence-corrected chi connectivity index (χ1v) is 8.56. The van der Waals surface area contributed by atoms with Gasteiger partial charge in [-0.1, -0.05) is 11.2 Å². The molecule has 2 aliphatic rings. The Morgan fingerprint density at radius 2 is 2.14 bits per heavy atom. The van der Waals surface area contributed by atoms with E-state index in [1.54, 1.807) is 31.3 Å². The first kappa shape index (κ1) is 18.6. The molecule has 28 heavy (non-hydrogen) atoms. The second-order valence-electron chi connectivity index (χ2n) is 6.44. The highest BCUT2D eigenvalue weighted by atomic mass is 16.8. The highest BCUT2D eigenvalue weighted by Gasteiger charge is 2.62. The molecule has 0 amide bonds. The van der Waals surface area contributed by atoms with Crippen molar-refractivity contribution in [3.8, 4) is 22.9 Å². The Bertz CT molecular complexity index is 894. The second kappa shape index (κ2) is 6.99. The third-order valence-corrected chi connectivity index (χ3v) is 4.75. The molecule has 0 radical (unpaired) electrons. The number of aromatic nitrogens is 2. The van der Waals surface area contributed by atoms with Gasteiger partial charge in [-0.15, -0.1) is 0 Å². The average Bonchev–Trinajstić information content (AvgIpc) is 2.71. The van der Waals surface area contributed by atoms with E-state index in [1.165, 1.54) is 13.2 Å². The molecule has 5 atom stereocenters. The zero-order valence-corrected chi connectivity index (χ0v) is 15.1. The van der Waals surface area contributed by atoms with Gasteiger partial charge in [0.2, 0.25) is 0 Å². The number of hydrogen-bond donors (Lipinski definition) is 3. The van der Waals surface area contributed by atoms with Gasteiger partial charge in [0.05, 0.1) is 23.7 Å². The van der Waals surface area contributed by atoms with Crippen LogP contribution in [-0.4, -0.2) is 69.1 Å². The molecule has 2 aromatic heterocycles. The second-order valence-corrected chi connectivity index (χ2v) is 6.44. The fraction of sp³-hybridized carbons (Fsp3) is 0.389. The van der Waals surface area contributed by atoms with E-state index < -0.39 is 30.4 Å². The van der Waals surface area contributed by atoms with E-state index in [0.717, 1.165) is 6.21 Å². The number of aliphatic hydroxyl groups excluding tert-OH is 2. The molecule has 0 spiro atoms. The van der Waals surface area contributed by atoms with Gasteiger partial charge in [0, 0.05) is 19.4 Å². The summed E-state index contributed by atoms with van der Waals surface area (Å²) >= 11 is 0. The molecule has 0 aliphatic carbocycles. The summed E-state index contributed by atoms with van der Waals surface area (Å²) in [5.74, 6) is -1.42. The van der Waals surface area contributed by atoms with Crippen molar-refractivity contribution >= 4 is 6.21 Å². The van der Waals surface area contributed by atoms with Crippen molar-refractivity contribution in [2.45, 2.75) is 37.3 Å². The average molecular weight is 390 g/mol. The summed E-state index contributed by atoms with van der Waals surface area (Å²) in [6.07, 6.45) is -1.86. The Balaban J connectivity index is 1.88. The van der Waals surface area contributed by atoms with E-state index in [2.05, 4.69) is 15.1 Å². The molecule has 1 fully saturated rings. The number of ether oxygens (including phenoxy) is 4. The van der Waals surface area contributed by atoms with Crippen molar-refractivity contribution in [2.75, 3.05) is 7.11 Å². The predicted octanol–water partition coefficient (Wildman–Crippen LogP) is 0.532. The molecule has 1 saturated heterocycles. The molecule has 3 N–H and O–H groups in total. The maximum absolute atomic E-state index is 10.7. The first-order chi connectivity index (χ1) is 13.5. The number of oxime groups is 1. The molecule has 0 unspecified atom stereocenters. The van der Waals surface area contributed by atoms with E-state index in [-0.39, 0.29) is 17.2 Å². The van der Waals surface area contributed by atoms with Crippen LogP contribution in [-0.2, 0) is 9.47 Å². The zero-order valence-electron chi connectivity index (χ0n) is 15.1. The van der Waals surface area contributed by atoms with Crippen LogP contribution in [0.15, 0.2) is 35.6 Å². The summed E-state index contributed by atoms with van der Waals surface area (Å²) in [4.78, 5) is 8.66. The van der Waals surface area contributed by atoms with Gasteiger partial charge < -0.3 is 34.4 Å². The summed E-state index contributed by atoms with van der Waals surface area (Å²) in [6, 6.07) is 6.72. The maximum Gasteiger partial charge on any atom is 0.302 e. The first-order valence-electron chi connectivity index (χ1n) is 8.56. The number of nitrogens with zero attached hydrogens (tertiary/aromatic N) is 3. The minimum atomic E-state index is -1.81.